The highest BCUT2D eigenvalue weighted by Gasteiger charge is 2.37. The lowest BCUT2D eigenvalue weighted by Crippen LogP contribution is -2.31. The maximum Gasteiger partial charge on any atom is 0.417 e. The zero-order chi connectivity index (χ0) is 19.9. The molecule has 0 aliphatic carbocycles. The summed E-state index contributed by atoms with van der Waals surface area (Å²) in [5.41, 5.74) is -0.536. The van der Waals surface area contributed by atoms with Gasteiger partial charge in [0.05, 0.1) is 29.1 Å². The van der Waals surface area contributed by atoms with Gasteiger partial charge >= 0.3 is 6.18 Å². The van der Waals surface area contributed by atoms with E-state index in [1.54, 1.807) is 22.0 Å². The molecule has 0 spiro atoms. The average Bonchev–Trinajstić information content (AvgIpc) is 3.40. The summed E-state index contributed by atoms with van der Waals surface area (Å²) in [4.78, 5) is 27.7. The van der Waals surface area contributed by atoms with Gasteiger partial charge in [0.25, 0.3) is 5.91 Å². The van der Waals surface area contributed by atoms with Crippen LogP contribution in [0.3, 0.4) is 0 Å². The van der Waals surface area contributed by atoms with Gasteiger partial charge in [0.2, 0.25) is 5.91 Å². The van der Waals surface area contributed by atoms with E-state index in [1.807, 2.05) is 0 Å². The molecule has 0 N–H and O–H groups in total. The number of rotatable bonds is 3. The first-order chi connectivity index (χ1) is 13.3. The Morgan fingerprint density at radius 3 is 2.68 bits per heavy atom. The summed E-state index contributed by atoms with van der Waals surface area (Å²) < 4.78 is 41.3. The van der Waals surface area contributed by atoms with Crippen molar-refractivity contribution in [1.29, 1.82) is 0 Å². The van der Waals surface area contributed by atoms with Crippen LogP contribution in [0.25, 0.3) is 0 Å². The molecule has 1 atom stereocenters. The molecule has 2 amide bonds. The Balaban J connectivity index is 1.49. The molecule has 2 aliphatic rings. The minimum absolute atomic E-state index is 0.0616. The molecule has 0 saturated carbocycles. The van der Waals surface area contributed by atoms with Crippen LogP contribution in [-0.4, -0.2) is 46.1 Å². The molecule has 3 heterocycles. The molecule has 2 aromatic rings. The number of amides is 2. The molecule has 9 heteroatoms. The first-order valence-electron chi connectivity index (χ1n) is 9.14. The summed E-state index contributed by atoms with van der Waals surface area (Å²) in [6.45, 7) is 1.29. The van der Waals surface area contributed by atoms with Gasteiger partial charge in [-0.1, -0.05) is 12.1 Å². The number of aromatic nitrogens is 2. The van der Waals surface area contributed by atoms with E-state index in [2.05, 4.69) is 5.10 Å². The Hall–Kier alpha value is -2.84. The van der Waals surface area contributed by atoms with Crippen molar-refractivity contribution in [2.24, 2.45) is 0 Å². The van der Waals surface area contributed by atoms with Crippen molar-refractivity contribution in [3.05, 3.63) is 47.8 Å². The Bertz CT molecular complexity index is 909. The number of benzene rings is 1. The first kappa shape index (κ1) is 18.5. The fraction of sp³-hybridized carbons (Fsp3) is 0.421. The van der Waals surface area contributed by atoms with E-state index >= 15 is 0 Å². The van der Waals surface area contributed by atoms with Crippen LogP contribution in [0.1, 0.15) is 41.2 Å². The van der Waals surface area contributed by atoms with Crippen molar-refractivity contribution < 1.29 is 22.8 Å². The predicted octanol–water partition coefficient (Wildman–Crippen LogP) is 3.12. The highest BCUT2D eigenvalue weighted by molar-refractivity contribution is 5.96. The number of alkyl halides is 3. The van der Waals surface area contributed by atoms with E-state index < -0.39 is 17.6 Å². The Labute approximate surface area is 159 Å². The molecule has 6 nitrogen and oxygen atoms in total. The summed E-state index contributed by atoms with van der Waals surface area (Å²) in [6, 6.07) is 4.71. The van der Waals surface area contributed by atoms with Gasteiger partial charge in [0.15, 0.2) is 0 Å². The van der Waals surface area contributed by atoms with E-state index in [0.717, 1.165) is 18.2 Å². The van der Waals surface area contributed by atoms with Crippen LogP contribution in [0.15, 0.2) is 36.7 Å². The number of hydrogen-bond acceptors (Lipinski definition) is 3. The largest absolute Gasteiger partial charge is 0.417 e. The molecule has 0 radical (unpaired) electrons. The summed E-state index contributed by atoms with van der Waals surface area (Å²) in [5.74, 6) is -0.566. The molecule has 0 bridgehead atoms. The number of halogens is 3. The average molecular weight is 392 g/mol. The summed E-state index contributed by atoms with van der Waals surface area (Å²) in [5, 5.41) is 4.31. The van der Waals surface area contributed by atoms with E-state index in [0.29, 0.717) is 25.9 Å². The van der Waals surface area contributed by atoms with E-state index in [1.165, 1.54) is 23.1 Å². The number of carbonyl (C=O) groups excluding carboxylic acids is 2. The second-order valence-corrected chi connectivity index (χ2v) is 7.06. The van der Waals surface area contributed by atoms with Crippen molar-refractivity contribution in [3.63, 3.8) is 0 Å². The topological polar surface area (TPSA) is 58.4 Å². The number of likely N-dealkylation sites (tertiary alicyclic amines) is 1. The quantitative estimate of drug-likeness (QED) is 0.807. The smallest absolute Gasteiger partial charge is 0.336 e. The van der Waals surface area contributed by atoms with E-state index in [4.69, 9.17) is 0 Å². The monoisotopic (exact) mass is 392 g/mol. The predicted molar refractivity (Wildman–Crippen MR) is 94.8 cm³/mol. The van der Waals surface area contributed by atoms with E-state index in [-0.39, 0.29) is 24.1 Å². The Morgan fingerprint density at radius 1 is 1.18 bits per heavy atom. The molecule has 2 fully saturated rings. The molecular formula is C19H19F3N4O2. The molecule has 2 aliphatic heterocycles. The highest BCUT2D eigenvalue weighted by Crippen LogP contribution is 2.33. The van der Waals surface area contributed by atoms with Crippen LogP contribution >= 0.6 is 0 Å². The van der Waals surface area contributed by atoms with Crippen molar-refractivity contribution in [3.8, 4) is 0 Å². The van der Waals surface area contributed by atoms with Gasteiger partial charge in [-0.15, -0.1) is 0 Å². The van der Waals surface area contributed by atoms with Crippen molar-refractivity contribution in [2.45, 2.75) is 31.5 Å². The van der Waals surface area contributed by atoms with Crippen LogP contribution in [0.2, 0.25) is 0 Å². The van der Waals surface area contributed by atoms with Gasteiger partial charge in [-0.2, -0.15) is 18.3 Å². The maximum absolute atomic E-state index is 13.2. The zero-order valence-corrected chi connectivity index (χ0v) is 15.0. The lowest BCUT2D eigenvalue weighted by Gasteiger charge is -2.19. The third kappa shape index (κ3) is 3.36. The minimum atomic E-state index is -4.58. The van der Waals surface area contributed by atoms with Crippen LogP contribution in [0, 0.1) is 0 Å². The fourth-order valence-corrected chi connectivity index (χ4v) is 3.82. The van der Waals surface area contributed by atoms with Crippen LogP contribution in [0.5, 0.6) is 0 Å². The van der Waals surface area contributed by atoms with Crippen molar-refractivity contribution in [1.82, 2.24) is 14.7 Å². The normalized spacial score (nSPS) is 20.2. The number of hydrogen-bond donors (Lipinski definition) is 0. The summed E-state index contributed by atoms with van der Waals surface area (Å²) in [6.07, 6.45) is 0.738. The maximum atomic E-state index is 13.2. The number of anilines is 1. The van der Waals surface area contributed by atoms with Crippen molar-refractivity contribution in [2.75, 3.05) is 24.5 Å². The molecule has 1 unspecified atom stereocenters. The lowest BCUT2D eigenvalue weighted by molar-refractivity contribution is -0.138. The second kappa shape index (κ2) is 6.96. The van der Waals surface area contributed by atoms with Gasteiger partial charge < -0.3 is 9.80 Å². The zero-order valence-electron chi connectivity index (χ0n) is 15.0. The first-order valence-corrected chi connectivity index (χ1v) is 9.14. The van der Waals surface area contributed by atoms with Crippen LogP contribution < -0.4 is 4.90 Å². The molecular weight excluding hydrogens is 373 g/mol. The summed E-state index contributed by atoms with van der Waals surface area (Å²) >= 11 is 0. The lowest BCUT2D eigenvalue weighted by atomic mass is 10.1. The van der Waals surface area contributed by atoms with Gasteiger partial charge in [-0.25, -0.2) is 0 Å². The van der Waals surface area contributed by atoms with Gasteiger partial charge in [0, 0.05) is 32.3 Å². The van der Waals surface area contributed by atoms with Gasteiger partial charge in [-0.05, 0) is 25.0 Å². The standard InChI is InChI=1S/C19H19F3N4O2/c20-19(21,22)16-5-2-1-4-15(16)18(28)24-9-7-13(11-24)26-12-14(10-23-26)25-8-3-6-17(25)27/h1-2,4-5,10,12-13H,3,6-9,11H2. The Kier molecular flexibility index (Phi) is 4.60. The van der Waals surface area contributed by atoms with Gasteiger partial charge in [-0.3, -0.25) is 14.3 Å². The minimum Gasteiger partial charge on any atom is -0.336 e. The molecule has 148 valence electrons. The molecule has 28 heavy (non-hydrogen) atoms. The van der Waals surface area contributed by atoms with Crippen LogP contribution in [-0.2, 0) is 11.0 Å². The summed E-state index contributed by atoms with van der Waals surface area (Å²) in [7, 11) is 0. The SMILES string of the molecule is O=C(c1ccccc1C(F)(F)F)N1CCC(n2cc(N3CCCC3=O)cn2)C1. The fourth-order valence-electron chi connectivity index (χ4n) is 3.82. The third-order valence-electron chi connectivity index (χ3n) is 5.26. The highest BCUT2D eigenvalue weighted by atomic mass is 19.4. The van der Waals surface area contributed by atoms with Gasteiger partial charge in [0.1, 0.15) is 0 Å². The second-order valence-electron chi connectivity index (χ2n) is 7.06. The van der Waals surface area contributed by atoms with Crippen molar-refractivity contribution >= 4 is 17.5 Å². The molecule has 1 aromatic carbocycles. The molecule has 2 saturated heterocycles. The third-order valence-corrected chi connectivity index (χ3v) is 5.26. The van der Waals surface area contributed by atoms with E-state index in [9.17, 15) is 22.8 Å². The Morgan fingerprint density at radius 2 is 1.96 bits per heavy atom. The molecule has 4 rings (SSSR count). The number of nitrogens with zero attached hydrogens (tertiary/aromatic N) is 4. The molecule has 1 aromatic heterocycles. The number of carbonyl (C=O) groups is 2. The van der Waals surface area contributed by atoms with Crippen LogP contribution in [0.4, 0.5) is 18.9 Å².